The predicted molar refractivity (Wildman–Crippen MR) is 63.2 cm³/mol. The topological polar surface area (TPSA) is 49.9 Å². The van der Waals surface area contributed by atoms with Crippen LogP contribution in [-0.2, 0) is 0 Å². The van der Waals surface area contributed by atoms with Gasteiger partial charge in [-0.25, -0.2) is 4.98 Å². The monoisotopic (exact) mass is 219 g/mol. The number of rotatable bonds is 2. The van der Waals surface area contributed by atoms with E-state index in [1.54, 1.807) is 10.9 Å². The van der Waals surface area contributed by atoms with E-state index in [1.165, 1.54) is 0 Å². The van der Waals surface area contributed by atoms with Crippen molar-refractivity contribution in [3.05, 3.63) is 12.3 Å². The lowest BCUT2D eigenvalue weighted by Gasteiger charge is -2.10. The first-order chi connectivity index (χ1) is 7.59. The minimum atomic E-state index is 0.657. The fourth-order valence-electron chi connectivity index (χ4n) is 1.52. The third-order valence-electron chi connectivity index (χ3n) is 2.17. The molecular formula is C10H15N6+. The van der Waals surface area contributed by atoms with E-state index in [0.717, 1.165) is 11.2 Å². The third-order valence-corrected chi connectivity index (χ3v) is 2.17. The molecule has 84 valence electrons. The van der Waals surface area contributed by atoms with E-state index in [9.17, 15) is 0 Å². The fraction of sp³-hybridized carbons (Fsp3) is 0.400. The summed E-state index contributed by atoms with van der Waals surface area (Å²) in [6, 6.07) is 1.95. The average Bonchev–Trinajstić information content (AvgIpc) is 2.60. The second-order valence-corrected chi connectivity index (χ2v) is 4.01. The van der Waals surface area contributed by atoms with Gasteiger partial charge in [-0.1, -0.05) is 9.78 Å². The van der Waals surface area contributed by atoms with Gasteiger partial charge < -0.3 is 4.90 Å². The first-order valence-corrected chi connectivity index (χ1v) is 4.98. The maximum absolute atomic E-state index is 4.19. The maximum Gasteiger partial charge on any atom is 0.266 e. The Balaban J connectivity index is 2.73. The molecule has 0 atom stereocenters. The Morgan fingerprint density at radius 3 is 2.75 bits per heavy atom. The molecule has 0 unspecified atom stereocenters. The number of hydrogen-bond donors (Lipinski definition) is 0. The smallest absolute Gasteiger partial charge is 0.266 e. The zero-order chi connectivity index (χ0) is 11.7. The zero-order valence-corrected chi connectivity index (χ0v) is 9.92. The standard InChI is InChI=1S/C10H15N6/c1-14(2)7-16-9-8(15(3)4)5-6-11-10(9)12-13-16/h5-7H,1-4H3/q+1. The average molecular weight is 219 g/mol. The van der Waals surface area contributed by atoms with Crippen LogP contribution in [0.5, 0.6) is 0 Å². The molecule has 0 radical (unpaired) electrons. The van der Waals surface area contributed by atoms with E-state index >= 15 is 0 Å². The summed E-state index contributed by atoms with van der Waals surface area (Å²) < 4.78 is 3.65. The van der Waals surface area contributed by atoms with Crippen molar-refractivity contribution in [2.75, 3.05) is 33.1 Å². The Morgan fingerprint density at radius 1 is 1.38 bits per heavy atom. The molecule has 0 spiro atoms. The predicted octanol–water partition coefficient (Wildman–Crippen LogP) is 0.0408. The van der Waals surface area contributed by atoms with Crippen molar-refractivity contribution in [3.8, 4) is 0 Å². The van der Waals surface area contributed by atoms with Gasteiger partial charge in [0.2, 0.25) is 11.2 Å². The summed E-state index contributed by atoms with van der Waals surface area (Å²) >= 11 is 0. The summed E-state index contributed by atoms with van der Waals surface area (Å²) in [5, 5.41) is 8.09. The first-order valence-electron chi connectivity index (χ1n) is 4.98. The Labute approximate surface area is 93.8 Å². The van der Waals surface area contributed by atoms with Gasteiger partial charge in [-0.2, -0.15) is 0 Å². The van der Waals surface area contributed by atoms with Crippen molar-refractivity contribution < 1.29 is 4.58 Å². The second-order valence-electron chi connectivity index (χ2n) is 4.01. The van der Waals surface area contributed by atoms with Crippen molar-refractivity contribution in [2.45, 2.75) is 0 Å². The van der Waals surface area contributed by atoms with Crippen LogP contribution in [0, 0.1) is 0 Å². The van der Waals surface area contributed by atoms with Crippen LogP contribution >= 0.6 is 0 Å². The van der Waals surface area contributed by atoms with Crippen LogP contribution in [0.25, 0.3) is 11.2 Å². The number of pyridine rings is 1. The molecule has 0 aliphatic heterocycles. The lowest BCUT2D eigenvalue weighted by atomic mass is 10.3. The van der Waals surface area contributed by atoms with Gasteiger partial charge in [0.1, 0.15) is 0 Å². The molecule has 0 saturated heterocycles. The van der Waals surface area contributed by atoms with E-state index in [2.05, 4.69) is 15.3 Å². The molecule has 0 saturated carbocycles. The molecule has 6 nitrogen and oxygen atoms in total. The number of fused-ring (bicyclic) bond motifs is 1. The van der Waals surface area contributed by atoms with Crippen molar-refractivity contribution in [3.63, 3.8) is 0 Å². The van der Waals surface area contributed by atoms with Crippen LogP contribution in [0.4, 0.5) is 5.69 Å². The Hall–Kier alpha value is -1.98. The van der Waals surface area contributed by atoms with Crippen LogP contribution in [0.2, 0.25) is 0 Å². The molecule has 2 aromatic rings. The molecule has 0 aromatic carbocycles. The molecule has 0 N–H and O–H groups in total. The van der Waals surface area contributed by atoms with E-state index in [1.807, 2.05) is 50.1 Å². The maximum atomic E-state index is 4.19. The minimum Gasteiger partial charge on any atom is -0.374 e. The summed E-state index contributed by atoms with van der Waals surface area (Å²) in [4.78, 5) is 6.21. The van der Waals surface area contributed by atoms with Crippen LogP contribution in [0.1, 0.15) is 0 Å². The molecule has 2 heterocycles. The fourth-order valence-corrected chi connectivity index (χ4v) is 1.52. The van der Waals surface area contributed by atoms with Gasteiger partial charge in [-0.05, 0) is 6.07 Å². The van der Waals surface area contributed by atoms with E-state index < -0.39 is 0 Å². The van der Waals surface area contributed by atoms with Crippen LogP contribution < -0.4 is 4.90 Å². The molecular weight excluding hydrogens is 204 g/mol. The molecule has 0 fully saturated rings. The normalized spacial score (nSPS) is 10.5. The van der Waals surface area contributed by atoms with Crippen molar-refractivity contribution >= 4 is 23.2 Å². The summed E-state index contributed by atoms with van der Waals surface area (Å²) in [6.07, 6.45) is 3.61. The largest absolute Gasteiger partial charge is 0.374 e. The van der Waals surface area contributed by atoms with Crippen molar-refractivity contribution in [2.24, 2.45) is 0 Å². The lowest BCUT2D eigenvalue weighted by molar-refractivity contribution is -0.461. The molecule has 6 heteroatoms. The molecule has 0 amide bonds. The van der Waals surface area contributed by atoms with Gasteiger partial charge in [-0.15, -0.1) is 0 Å². The zero-order valence-electron chi connectivity index (χ0n) is 9.92. The lowest BCUT2D eigenvalue weighted by Crippen LogP contribution is -2.13. The van der Waals surface area contributed by atoms with E-state index in [4.69, 9.17) is 0 Å². The highest BCUT2D eigenvalue weighted by atomic mass is 15.4. The molecule has 2 aromatic heterocycles. The number of anilines is 1. The molecule has 0 bridgehead atoms. The minimum absolute atomic E-state index is 0.657. The molecule has 0 aliphatic carbocycles. The third kappa shape index (κ3) is 1.73. The van der Waals surface area contributed by atoms with Crippen molar-refractivity contribution in [1.82, 2.24) is 20.0 Å². The molecule has 16 heavy (non-hydrogen) atoms. The highest BCUT2D eigenvalue weighted by Gasteiger charge is 2.16. The van der Waals surface area contributed by atoms with Gasteiger partial charge in [0.05, 0.1) is 19.8 Å². The summed E-state index contributed by atoms with van der Waals surface area (Å²) in [5.74, 6) is 0. The van der Waals surface area contributed by atoms with Crippen LogP contribution in [0.3, 0.4) is 0 Å². The van der Waals surface area contributed by atoms with Gasteiger partial charge in [0.25, 0.3) is 6.34 Å². The molecule has 2 rings (SSSR count). The van der Waals surface area contributed by atoms with Crippen LogP contribution in [0.15, 0.2) is 12.3 Å². The SMILES string of the molecule is CN(C)c1ccnc2nnn(C=[N+](C)C)c12. The Bertz CT molecular complexity index is 535. The van der Waals surface area contributed by atoms with Gasteiger partial charge in [0.15, 0.2) is 0 Å². The molecule has 0 aliphatic rings. The van der Waals surface area contributed by atoms with Gasteiger partial charge >= 0.3 is 0 Å². The Morgan fingerprint density at radius 2 is 2.12 bits per heavy atom. The van der Waals surface area contributed by atoms with Gasteiger partial charge in [-0.3, -0.25) is 4.58 Å². The summed E-state index contributed by atoms with van der Waals surface area (Å²) in [6.45, 7) is 0. The van der Waals surface area contributed by atoms with E-state index in [-0.39, 0.29) is 0 Å². The highest BCUT2D eigenvalue weighted by molar-refractivity contribution is 5.89. The van der Waals surface area contributed by atoms with Gasteiger partial charge in [0, 0.05) is 25.5 Å². The highest BCUT2D eigenvalue weighted by Crippen LogP contribution is 2.20. The summed E-state index contributed by atoms with van der Waals surface area (Å²) in [5.41, 5.74) is 2.62. The van der Waals surface area contributed by atoms with Crippen molar-refractivity contribution in [1.29, 1.82) is 0 Å². The summed E-state index contributed by atoms with van der Waals surface area (Å²) in [7, 11) is 7.86. The quantitative estimate of drug-likeness (QED) is 0.406. The first kappa shape index (κ1) is 10.5. The van der Waals surface area contributed by atoms with E-state index in [0.29, 0.717) is 5.65 Å². The van der Waals surface area contributed by atoms with Crippen LogP contribution in [-0.4, -0.2) is 59.1 Å². The number of aromatic nitrogens is 4. The Kier molecular flexibility index (Phi) is 2.55. The number of nitrogens with zero attached hydrogens (tertiary/aromatic N) is 6. The number of hydrogen-bond acceptors (Lipinski definition) is 4. The second kappa shape index (κ2) is 3.88.